The zero-order valence-corrected chi connectivity index (χ0v) is 56.4. The van der Waals surface area contributed by atoms with Crippen molar-refractivity contribution in [3.05, 3.63) is 192 Å². The van der Waals surface area contributed by atoms with Crippen molar-refractivity contribution < 1.29 is 98.3 Å². The Morgan fingerprint density at radius 1 is 0.381 bits per heavy atom. The first kappa shape index (κ1) is 79.2. The van der Waals surface area contributed by atoms with E-state index in [2.05, 4.69) is 56.9 Å². The van der Waals surface area contributed by atoms with Gasteiger partial charge in [0.1, 0.15) is 0 Å². The fourth-order valence-electron chi connectivity index (χ4n) is 12.2. The summed E-state index contributed by atoms with van der Waals surface area (Å²) in [4.78, 5) is 122. The van der Waals surface area contributed by atoms with Crippen LogP contribution in [0.15, 0.2) is 147 Å². The Morgan fingerprint density at radius 3 is 1.03 bits per heavy atom. The van der Waals surface area contributed by atoms with E-state index in [1.54, 1.807) is 63.8 Å². The van der Waals surface area contributed by atoms with Crippen LogP contribution in [0, 0.1) is 0 Å². The zero-order chi connectivity index (χ0) is 67.9. The third-order valence-corrected chi connectivity index (χ3v) is 16.4. The molecule has 0 saturated heterocycles. The Balaban J connectivity index is 0.000000344. The molecule has 2 saturated carbocycles. The average Bonchev–Trinajstić information content (AvgIpc) is 0.848. The Kier molecular flexibility index (Phi) is 34.5. The number of aliphatic hydroxyl groups excluding tert-OH is 1. The number of pyridine rings is 6. The van der Waals surface area contributed by atoms with Crippen LogP contribution in [-0.4, -0.2) is 228 Å². The van der Waals surface area contributed by atoms with Gasteiger partial charge in [0.15, 0.2) is 0 Å². The normalized spacial score (nSPS) is 15.9. The summed E-state index contributed by atoms with van der Waals surface area (Å²) < 4.78 is 0. The maximum Gasteiger partial charge on any atom is 2.00 e. The quantitative estimate of drug-likeness (QED) is 0.0188. The van der Waals surface area contributed by atoms with E-state index in [-0.39, 0.29) is 109 Å². The molecule has 0 aromatic carbocycles. The molecular formula is C68H86Mn2N14O13+4. The molecule has 2 radical (unpaired) electrons. The second-order valence-corrected chi connectivity index (χ2v) is 23.6. The van der Waals surface area contributed by atoms with Gasteiger partial charge in [0, 0.05) is 139 Å². The van der Waals surface area contributed by atoms with E-state index in [0.717, 1.165) is 61.4 Å². The largest absolute Gasteiger partial charge is 2.00 e. The van der Waals surface area contributed by atoms with Crippen molar-refractivity contribution in [2.24, 2.45) is 0 Å². The smallest absolute Gasteiger partial charge is 0.512 e. The molecule has 97 heavy (non-hydrogen) atoms. The van der Waals surface area contributed by atoms with Crippen molar-refractivity contribution in [1.82, 2.24) is 69.9 Å². The number of aliphatic carboxylic acids is 5. The van der Waals surface area contributed by atoms with Crippen LogP contribution in [0.5, 0.6) is 0 Å². The van der Waals surface area contributed by atoms with E-state index >= 15 is 0 Å². The molecule has 0 bridgehead atoms. The second-order valence-electron chi connectivity index (χ2n) is 23.6. The number of aromatic nitrogens is 6. The molecule has 0 aliphatic heterocycles. The van der Waals surface area contributed by atoms with Crippen molar-refractivity contribution in [2.45, 2.75) is 115 Å². The molecule has 0 spiro atoms. The summed E-state index contributed by atoms with van der Waals surface area (Å²) in [5, 5.41) is 63.5. The molecule has 2 amide bonds. The van der Waals surface area contributed by atoms with Crippen molar-refractivity contribution in [2.75, 3.05) is 72.0 Å². The predicted octanol–water partition coefficient (Wildman–Crippen LogP) is 4.97. The maximum absolute atomic E-state index is 13.0. The molecule has 4 unspecified atom stereocenters. The molecular weight excluding hydrogens is 1330 g/mol. The van der Waals surface area contributed by atoms with Crippen LogP contribution in [0.4, 0.5) is 0 Å². The van der Waals surface area contributed by atoms with Crippen LogP contribution in [0.3, 0.4) is 0 Å². The molecule has 2 aliphatic carbocycles. The Bertz CT molecular complexity index is 3320. The summed E-state index contributed by atoms with van der Waals surface area (Å²) >= 11 is 0. The van der Waals surface area contributed by atoms with Gasteiger partial charge in [0.25, 0.3) is 11.8 Å². The van der Waals surface area contributed by atoms with Crippen LogP contribution in [0.2, 0.25) is 0 Å². The molecule has 4 atom stereocenters. The number of rotatable bonds is 37. The number of carboxylic acid groups (broad SMARTS) is 5. The number of hydrogen-bond acceptors (Lipinski definition) is 20. The first-order valence-electron chi connectivity index (χ1n) is 31.8. The molecule has 27 nitrogen and oxygen atoms in total. The van der Waals surface area contributed by atoms with E-state index in [1.807, 2.05) is 72.8 Å². The number of carboxylic acids is 5. The third kappa shape index (κ3) is 28.3. The van der Waals surface area contributed by atoms with Gasteiger partial charge in [0.05, 0.1) is 84.6 Å². The maximum atomic E-state index is 13.0. The molecule has 2 aliphatic rings. The summed E-state index contributed by atoms with van der Waals surface area (Å²) in [5.41, 5.74) is 5.60. The van der Waals surface area contributed by atoms with Crippen LogP contribution in [-0.2, 0) is 97.3 Å². The van der Waals surface area contributed by atoms with E-state index in [0.29, 0.717) is 94.0 Å². The van der Waals surface area contributed by atoms with Crippen LogP contribution < -0.4 is 10.6 Å². The molecule has 2 fully saturated rings. The minimum atomic E-state index is -1.15. The number of nitrogens with zero attached hydrogens (tertiary/aromatic N) is 12. The molecule has 8 N–H and O–H groups in total. The van der Waals surface area contributed by atoms with E-state index < -0.39 is 49.0 Å². The van der Waals surface area contributed by atoms with Gasteiger partial charge in [-0.15, -0.1) is 0 Å². The van der Waals surface area contributed by atoms with Crippen molar-refractivity contribution >= 4 is 41.7 Å². The van der Waals surface area contributed by atoms with Gasteiger partial charge < -0.3 is 41.3 Å². The molecule has 6 aromatic heterocycles. The first-order chi connectivity index (χ1) is 45.8. The molecule has 29 heteroatoms. The number of carbonyl (C=O) groups excluding carboxylic acids is 2. The van der Waals surface area contributed by atoms with Crippen LogP contribution >= 0.6 is 0 Å². The summed E-state index contributed by atoms with van der Waals surface area (Å²) in [6.07, 6.45) is 16.5. The zero-order valence-electron chi connectivity index (χ0n) is 54.1. The third-order valence-electron chi connectivity index (χ3n) is 16.4. The van der Waals surface area contributed by atoms with Gasteiger partial charge >= 0.3 is 64.0 Å². The van der Waals surface area contributed by atoms with Crippen molar-refractivity contribution in [1.29, 1.82) is 0 Å². The summed E-state index contributed by atoms with van der Waals surface area (Å²) in [5.74, 6) is -6.11. The number of amides is 2. The fourth-order valence-corrected chi connectivity index (χ4v) is 12.2. The minimum absolute atomic E-state index is 0. The second kappa shape index (κ2) is 42.3. The first-order valence-corrected chi connectivity index (χ1v) is 31.8. The summed E-state index contributed by atoms with van der Waals surface area (Å²) in [6.45, 7) is 6.56. The Morgan fingerprint density at radius 2 is 0.701 bits per heavy atom. The molecule has 6 heterocycles. The molecule has 516 valence electrons. The van der Waals surface area contributed by atoms with Crippen LogP contribution in [0.25, 0.3) is 0 Å². The number of aliphatic hydroxyl groups is 1. The fraction of sp³-hybridized carbons (Fsp3) is 0.426. The molecule has 8 rings (SSSR count). The standard InChI is InChI=1S/C35H45N7O6.C33H41N7O7.2Mn/c1-26(43)21-41(24-33(44)45)31-10-2-3-11-32(31)42(25-34(46)47)23-30-13-12-27(20-39-30)35(48)38-17-19-40(22-29-9-5-7-16-37-29)18-14-28-8-4-6-15-36-28;41-30(42)21-39(28-9-1-2-10-29(28)40(22-31(43)44)23-32(45)46)20-27-12-11-24(17-37-27)33(47)36-15-16-38(18-25-7-3-5-13-34-25)19-26-8-4-6-14-35-26;;/h4-9,12-13,15-16,20,31-32,43H,1-3,10-11,14,17-19,21-25H2,(H,38,48)(H,44,45)(H,46,47);3-8,11-14,17,28-29H,1-2,9-10,15-16,18-23H2,(H,36,47)(H,41,42)(H,43,44)(H,45,46);;/q;;2*+2. The monoisotopic (exact) mass is 1420 g/mol. The van der Waals surface area contributed by atoms with Gasteiger partial charge in [-0.3, -0.25) is 92.9 Å². The average molecular weight is 1420 g/mol. The van der Waals surface area contributed by atoms with Gasteiger partial charge in [-0.2, -0.15) is 0 Å². The van der Waals surface area contributed by atoms with Crippen LogP contribution in [0.1, 0.15) is 106 Å². The molecule has 6 aromatic rings. The summed E-state index contributed by atoms with van der Waals surface area (Å²) in [6, 6.07) is 28.4. The Hall–Kier alpha value is -8.47. The van der Waals surface area contributed by atoms with E-state index in [1.165, 1.54) is 17.3 Å². The van der Waals surface area contributed by atoms with E-state index in [9.17, 15) is 64.2 Å². The minimum Gasteiger partial charge on any atom is -0.512 e. The topological polar surface area (TPSA) is 362 Å². The SMILES string of the molecule is C=C(O)CN(CC(=O)O)C1CCCCC1N(CC(=O)O)Cc1ccc(C(=O)NCCN(CCc2ccccn2)Cc2ccccn2)cn1.O=C(O)CN(CC(=O)O)C1CCCCC1N(CC(=O)O)Cc1ccc(C(=O)NCCN(Cc2ccccn2)Cc2ccccn2)cn1.[Mn+2].[Mn+2]. The van der Waals surface area contributed by atoms with Crippen molar-refractivity contribution in [3.63, 3.8) is 0 Å². The van der Waals surface area contributed by atoms with Crippen molar-refractivity contribution in [3.8, 4) is 0 Å². The van der Waals surface area contributed by atoms with E-state index in [4.69, 9.17) is 0 Å². The Labute approximate surface area is 585 Å². The van der Waals surface area contributed by atoms with Gasteiger partial charge in [-0.25, -0.2) is 0 Å². The number of nitrogens with one attached hydrogen (secondary N) is 2. The number of hydrogen-bond donors (Lipinski definition) is 8. The number of carbonyl (C=O) groups is 7. The van der Waals surface area contributed by atoms with Gasteiger partial charge in [-0.05, 0) is 98.5 Å². The van der Waals surface area contributed by atoms with Gasteiger partial charge in [-0.1, -0.05) is 56.5 Å². The summed E-state index contributed by atoms with van der Waals surface area (Å²) in [7, 11) is 0. The predicted molar refractivity (Wildman–Crippen MR) is 349 cm³/mol. The van der Waals surface area contributed by atoms with Gasteiger partial charge in [0.2, 0.25) is 0 Å².